The van der Waals surface area contributed by atoms with Gasteiger partial charge < -0.3 is 9.88 Å². The second kappa shape index (κ2) is 5.52. The molecule has 3 rings (SSSR count). The van der Waals surface area contributed by atoms with E-state index < -0.39 is 5.67 Å². The summed E-state index contributed by atoms with van der Waals surface area (Å²) in [6.07, 6.45) is 2.55. The van der Waals surface area contributed by atoms with E-state index in [0.29, 0.717) is 19.3 Å². The number of nitrogens with one attached hydrogen (secondary N) is 1. The summed E-state index contributed by atoms with van der Waals surface area (Å²) >= 11 is 0. The van der Waals surface area contributed by atoms with Gasteiger partial charge in [0.05, 0.1) is 11.0 Å². The molecule has 0 spiro atoms. The van der Waals surface area contributed by atoms with Crippen LogP contribution < -0.4 is 5.32 Å². The number of hydrogen-bond donors (Lipinski definition) is 1. The molecule has 0 aliphatic carbocycles. The van der Waals surface area contributed by atoms with E-state index in [4.69, 9.17) is 0 Å². The fraction of sp³-hybridized carbons (Fsp3) is 0.562. The van der Waals surface area contributed by atoms with Gasteiger partial charge in [0.15, 0.2) is 0 Å². The topological polar surface area (TPSA) is 29.9 Å². The van der Waals surface area contributed by atoms with Gasteiger partial charge in [-0.1, -0.05) is 12.1 Å². The number of imidazole rings is 1. The zero-order chi connectivity index (χ0) is 14.0. The van der Waals surface area contributed by atoms with Gasteiger partial charge in [-0.2, -0.15) is 0 Å². The van der Waals surface area contributed by atoms with Gasteiger partial charge in [-0.3, -0.25) is 0 Å². The average molecular weight is 275 g/mol. The quantitative estimate of drug-likeness (QED) is 0.933. The van der Waals surface area contributed by atoms with Crippen LogP contribution in [0.15, 0.2) is 24.3 Å². The van der Waals surface area contributed by atoms with Gasteiger partial charge >= 0.3 is 0 Å². The molecule has 1 aromatic heterocycles. The Morgan fingerprint density at radius 2 is 2.15 bits per heavy atom. The standard InChI is InChI=1S/C16H22FN3/c1-2-20-14-7-4-3-6-13(14)19-15(20)12-16(17)8-5-10-18-11-9-16/h3-4,6-7,18H,2,5,8-12H2,1H3. The molecule has 20 heavy (non-hydrogen) atoms. The minimum atomic E-state index is -1.11. The number of benzene rings is 1. The van der Waals surface area contributed by atoms with Crippen molar-refractivity contribution in [3.8, 4) is 0 Å². The number of para-hydroxylation sites is 2. The molecule has 0 bridgehead atoms. The van der Waals surface area contributed by atoms with E-state index in [2.05, 4.69) is 27.9 Å². The minimum Gasteiger partial charge on any atom is -0.328 e. The predicted molar refractivity (Wildman–Crippen MR) is 79.7 cm³/mol. The van der Waals surface area contributed by atoms with E-state index in [1.807, 2.05) is 18.2 Å². The van der Waals surface area contributed by atoms with E-state index in [1.54, 1.807) is 0 Å². The number of rotatable bonds is 3. The maximum absolute atomic E-state index is 15.1. The molecule has 1 saturated heterocycles. The molecule has 108 valence electrons. The first-order valence-electron chi connectivity index (χ1n) is 7.56. The minimum absolute atomic E-state index is 0.428. The summed E-state index contributed by atoms with van der Waals surface area (Å²) in [5, 5.41) is 3.28. The molecule has 4 heteroatoms. The summed E-state index contributed by atoms with van der Waals surface area (Å²) in [4.78, 5) is 4.66. The zero-order valence-corrected chi connectivity index (χ0v) is 12.0. The molecule has 1 aliphatic rings. The van der Waals surface area contributed by atoms with Crippen LogP contribution in [0.25, 0.3) is 11.0 Å². The summed E-state index contributed by atoms with van der Waals surface area (Å²) < 4.78 is 17.2. The molecule has 0 amide bonds. The molecule has 0 radical (unpaired) electrons. The smallest absolute Gasteiger partial charge is 0.119 e. The van der Waals surface area contributed by atoms with Crippen molar-refractivity contribution in [2.24, 2.45) is 0 Å². The number of nitrogens with zero attached hydrogens (tertiary/aromatic N) is 2. The van der Waals surface area contributed by atoms with Gasteiger partial charge in [0, 0.05) is 13.0 Å². The lowest BCUT2D eigenvalue weighted by Crippen LogP contribution is -2.29. The van der Waals surface area contributed by atoms with Gasteiger partial charge in [0.25, 0.3) is 0 Å². The molecule has 1 N–H and O–H groups in total. The van der Waals surface area contributed by atoms with Gasteiger partial charge in [0.1, 0.15) is 11.5 Å². The first-order chi connectivity index (χ1) is 9.72. The lowest BCUT2D eigenvalue weighted by atomic mass is 9.93. The SMILES string of the molecule is CCn1c(CC2(F)CCCNCC2)nc2ccccc21. The van der Waals surface area contributed by atoms with Crippen LogP contribution in [0.1, 0.15) is 32.0 Å². The number of hydrogen-bond acceptors (Lipinski definition) is 2. The average Bonchev–Trinajstić information content (AvgIpc) is 2.64. The molecule has 1 aliphatic heterocycles. The van der Waals surface area contributed by atoms with Crippen molar-refractivity contribution in [3.63, 3.8) is 0 Å². The Hall–Kier alpha value is -1.42. The molecule has 3 nitrogen and oxygen atoms in total. The van der Waals surface area contributed by atoms with Crippen LogP contribution in [0, 0.1) is 0 Å². The van der Waals surface area contributed by atoms with Crippen molar-refractivity contribution in [1.29, 1.82) is 0 Å². The summed E-state index contributed by atoms with van der Waals surface area (Å²) in [5.41, 5.74) is 0.970. The number of aryl methyl sites for hydroxylation is 1. The first kappa shape index (κ1) is 13.6. The second-order valence-corrected chi connectivity index (χ2v) is 5.69. The maximum atomic E-state index is 15.1. The number of aromatic nitrogens is 2. The van der Waals surface area contributed by atoms with E-state index >= 15 is 4.39 Å². The van der Waals surface area contributed by atoms with E-state index in [-0.39, 0.29) is 0 Å². The van der Waals surface area contributed by atoms with Crippen LogP contribution in [0.4, 0.5) is 4.39 Å². The molecule has 1 atom stereocenters. The van der Waals surface area contributed by atoms with E-state index in [9.17, 15) is 0 Å². The molecular formula is C16H22FN3. The Balaban J connectivity index is 1.93. The van der Waals surface area contributed by atoms with Gasteiger partial charge in [0.2, 0.25) is 0 Å². The fourth-order valence-electron chi connectivity index (χ4n) is 3.17. The van der Waals surface area contributed by atoms with E-state index in [1.165, 1.54) is 0 Å². The van der Waals surface area contributed by atoms with Crippen LogP contribution in [0.5, 0.6) is 0 Å². The predicted octanol–water partition coefficient (Wildman–Crippen LogP) is 3.08. The van der Waals surface area contributed by atoms with Crippen molar-refractivity contribution in [1.82, 2.24) is 14.9 Å². The van der Waals surface area contributed by atoms with Gasteiger partial charge in [-0.15, -0.1) is 0 Å². The van der Waals surface area contributed by atoms with Crippen molar-refractivity contribution < 1.29 is 4.39 Å². The molecule has 2 heterocycles. The summed E-state index contributed by atoms with van der Waals surface area (Å²) in [5.74, 6) is 0.887. The van der Waals surface area contributed by atoms with Crippen molar-refractivity contribution in [2.45, 2.75) is 44.8 Å². The first-order valence-corrected chi connectivity index (χ1v) is 7.56. The van der Waals surface area contributed by atoms with Gasteiger partial charge in [-0.05, 0) is 51.4 Å². The normalized spacial score (nSPS) is 23.9. The Bertz CT molecular complexity index is 582. The molecule has 0 saturated carbocycles. The number of alkyl halides is 1. The molecule has 2 aromatic rings. The van der Waals surface area contributed by atoms with Crippen LogP contribution >= 0.6 is 0 Å². The lowest BCUT2D eigenvalue weighted by molar-refractivity contribution is 0.140. The molecular weight excluding hydrogens is 253 g/mol. The third-order valence-electron chi connectivity index (χ3n) is 4.25. The Kier molecular flexibility index (Phi) is 3.74. The van der Waals surface area contributed by atoms with Crippen LogP contribution in [0.3, 0.4) is 0 Å². The van der Waals surface area contributed by atoms with Gasteiger partial charge in [-0.25, -0.2) is 9.37 Å². The Labute approximate surface area is 119 Å². The number of halogens is 1. The highest BCUT2D eigenvalue weighted by Gasteiger charge is 2.32. The highest BCUT2D eigenvalue weighted by molar-refractivity contribution is 5.75. The Morgan fingerprint density at radius 3 is 3.00 bits per heavy atom. The number of fused-ring (bicyclic) bond motifs is 1. The lowest BCUT2D eigenvalue weighted by Gasteiger charge is -2.23. The summed E-state index contributed by atoms with van der Waals surface area (Å²) in [6.45, 7) is 4.63. The monoisotopic (exact) mass is 275 g/mol. The van der Waals surface area contributed by atoms with Crippen molar-refractivity contribution in [3.05, 3.63) is 30.1 Å². The highest BCUT2D eigenvalue weighted by atomic mass is 19.1. The Morgan fingerprint density at radius 1 is 1.30 bits per heavy atom. The molecule has 1 fully saturated rings. The largest absolute Gasteiger partial charge is 0.328 e. The zero-order valence-electron chi connectivity index (χ0n) is 12.0. The van der Waals surface area contributed by atoms with Crippen molar-refractivity contribution in [2.75, 3.05) is 13.1 Å². The van der Waals surface area contributed by atoms with Crippen molar-refractivity contribution >= 4 is 11.0 Å². The summed E-state index contributed by atoms with van der Waals surface area (Å²) in [6, 6.07) is 8.07. The van der Waals surface area contributed by atoms with Crippen LogP contribution in [-0.2, 0) is 13.0 Å². The van der Waals surface area contributed by atoms with Crippen LogP contribution in [0.2, 0.25) is 0 Å². The second-order valence-electron chi connectivity index (χ2n) is 5.69. The third kappa shape index (κ3) is 2.57. The summed E-state index contributed by atoms with van der Waals surface area (Å²) in [7, 11) is 0. The molecule has 1 unspecified atom stereocenters. The van der Waals surface area contributed by atoms with Crippen LogP contribution in [-0.4, -0.2) is 28.3 Å². The maximum Gasteiger partial charge on any atom is 0.119 e. The van der Waals surface area contributed by atoms with E-state index in [0.717, 1.165) is 42.9 Å². The fourth-order valence-corrected chi connectivity index (χ4v) is 3.17. The highest BCUT2D eigenvalue weighted by Crippen LogP contribution is 2.29. The third-order valence-corrected chi connectivity index (χ3v) is 4.25. The molecule has 1 aromatic carbocycles.